The molecule has 1 amide bonds. The minimum Gasteiger partial charge on any atom is -0.398 e. The van der Waals surface area contributed by atoms with Crippen molar-refractivity contribution >= 4 is 23.2 Å². The first kappa shape index (κ1) is 13.2. The molecule has 1 fully saturated rings. The zero-order valence-corrected chi connectivity index (χ0v) is 11.3. The van der Waals surface area contributed by atoms with Crippen LogP contribution in [0, 0.1) is 0 Å². The van der Waals surface area contributed by atoms with Crippen LogP contribution < -0.4 is 5.73 Å². The Morgan fingerprint density at radius 2 is 2.22 bits per heavy atom. The van der Waals surface area contributed by atoms with Gasteiger partial charge in [0.2, 0.25) is 0 Å². The molecule has 1 aliphatic rings. The molecule has 1 saturated heterocycles. The third-order valence-corrected chi connectivity index (χ3v) is 3.46. The molecule has 2 rings (SSSR count). The summed E-state index contributed by atoms with van der Waals surface area (Å²) in [6, 6.07) is 5.05. The number of rotatable bonds is 1. The second-order valence-corrected chi connectivity index (χ2v) is 5.09. The molecule has 0 radical (unpaired) electrons. The number of nitrogens with two attached hydrogens (primary N) is 1. The second kappa shape index (κ2) is 5.16. The summed E-state index contributed by atoms with van der Waals surface area (Å²) in [5.74, 6) is -0.0268. The molecule has 2 unspecified atom stereocenters. The fourth-order valence-corrected chi connectivity index (χ4v) is 2.15. The van der Waals surface area contributed by atoms with Crippen molar-refractivity contribution in [1.29, 1.82) is 0 Å². The van der Waals surface area contributed by atoms with E-state index in [2.05, 4.69) is 0 Å². The highest BCUT2D eigenvalue weighted by Crippen LogP contribution is 2.22. The van der Waals surface area contributed by atoms with Crippen LogP contribution in [0.1, 0.15) is 24.2 Å². The van der Waals surface area contributed by atoms with Crippen LogP contribution in [0.15, 0.2) is 18.2 Å². The quantitative estimate of drug-likeness (QED) is 0.794. The van der Waals surface area contributed by atoms with E-state index in [4.69, 9.17) is 22.1 Å². The van der Waals surface area contributed by atoms with Gasteiger partial charge in [-0.15, -0.1) is 0 Å². The van der Waals surface area contributed by atoms with Crippen molar-refractivity contribution in [3.63, 3.8) is 0 Å². The van der Waals surface area contributed by atoms with E-state index < -0.39 is 0 Å². The van der Waals surface area contributed by atoms with Gasteiger partial charge in [-0.05, 0) is 32.0 Å². The molecular weight excluding hydrogens is 252 g/mol. The Balaban J connectivity index is 2.21. The molecule has 5 heteroatoms. The van der Waals surface area contributed by atoms with Gasteiger partial charge in [-0.2, -0.15) is 0 Å². The fraction of sp³-hybridized carbons (Fsp3) is 0.462. The Bertz CT molecular complexity index is 464. The lowest BCUT2D eigenvalue weighted by atomic mass is 10.1. The van der Waals surface area contributed by atoms with E-state index in [1.165, 1.54) is 0 Å². The largest absolute Gasteiger partial charge is 0.398 e. The number of nitrogens with zero attached hydrogens (tertiary/aromatic N) is 1. The van der Waals surface area contributed by atoms with E-state index in [0.29, 0.717) is 29.4 Å². The van der Waals surface area contributed by atoms with Crippen molar-refractivity contribution < 1.29 is 9.53 Å². The van der Waals surface area contributed by atoms with E-state index in [1.54, 1.807) is 18.2 Å². The monoisotopic (exact) mass is 268 g/mol. The lowest BCUT2D eigenvalue weighted by molar-refractivity contribution is -0.0387. The molecule has 4 nitrogen and oxygen atoms in total. The molecule has 0 aromatic heterocycles. The topological polar surface area (TPSA) is 55.6 Å². The van der Waals surface area contributed by atoms with Gasteiger partial charge in [-0.3, -0.25) is 4.79 Å². The third kappa shape index (κ3) is 2.60. The number of hydrogen-bond donors (Lipinski definition) is 1. The molecule has 2 atom stereocenters. The lowest BCUT2D eigenvalue weighted by Crippen LogP contribution is -2.50. The van der Waals surface area contributed by atoms with Crippen LogP contribution in [0.2, 0.25) is 5.02 Å². The smallest absolute Gasteiger partial charge is 0.254 e. The van der Waals surface area contributed by atoms with E-state index >= 15 is 0 Å². The van der Waals surface area contributed by atoms with Crippen molar-refractivity contribution in [2.75, 3.05) is 18.9 Å². The van der Waals surface area contributed by atoms with Crippen LogP contribution in [0.3, 0.4) is 0 Å². The van der Waals surface area contributed by atoms with Crippen molar-refractivity contribution in [2.45, 2.75) is 26.0 Å². The molecule has 2 N–H and O–H groups in total. The fourth-order valence-electron chi connectivity index (χ4n) is 2.03. The summed E-state index contributed by atoms with van der Waals surface area (Å²) in [6.45, 7) is 5.10. The molecule has 1 aliphatic heterocycles. The predicted octanol–water partition coefficient (Wildman–Crippen LogP) is 2.17. The summed E-state index contributed by atoms with van der Waals surface area (Å²) in [7, 11) is 0. The van der Waals surface area contributed by atoms with Crippen LogP contribution in [0.25, 0.3) is 0 Å². The number of hydrogen-bond acceptors (Lipinski definition) is 3. The van der Waals surface area contributed by atoms with Gasteiger partial charge in [-0.25, -0.2) is 0 Å². The molecule has 1 heterocycles. The zero-order valence-electron chi connectivity index (χ0n) is 10.5. The summed E-state index contributed by atoms with van der Waals surface area (Å²) in [5, 5.41) is 0.468. The first-order valence-electron chi connectivity index (χ1n) is 5.96. The average molecular weight is 269 g/mol. The number of morpholine rings is 1. The molecule has 1 aromatic rings. The average Bonchev–Trinajstić information content (AvgIpc) is 2.35. The van der Waals surface area contributed by atoms with Crippen molar-refractivity contribution in [3.8, 4) is 0 Å². The number of carbonyl (C=O) groups is 1. The SMILES string of the molecule is CC1CN(C(=O)c2ccc(Cl)c(N)c2)C(C)CO1. The van der Waals surface area contributed by atoms with Crippen molar-refractivity contribution in [2.24, 2.45) is 0 Å². The summed E-state index contributed by atoms with van der Waals surface area (Å²) < 4.78 is 5.51. The van der Waals surface area contributed by atoms with Crippen LogP contribution in [0.4, 0.5) is 5.69 Å². The maximum atomic E-state index is 12.4. The number of halogens is 1. The van der Waals surface area contributed by atoms with Crippen LogP contribution in [0.5, 0.6) is 0 Å². The number of carbonyl (C=O) groups excluding carboxylic acids is 1. The maximum absolute atomic E-state index is 12.4. The predicted molar refractivity (Wildman–Crippen MR) is 71.8 cm³/mol. The van der Waals surface area contributed by atoms with Crippen LogP contribution in [-0.2, 0) is 4.74 Å². The third-order valence-electron chi connectivity index (χ3n) is 3.11. The number of benzene rings is 1. The van der Waals surface area contributed by atoms with Gasteiger partial charge < -0.3 is 15.4 Å². The van der Waals surface area contributed by atoms with E-state index in [1.807, 2.05) is 18.7 Å². The summed E-state index contributed by atoms with van der Waals surface area (Å²) >= 11 is 5.85. The van der Waals surface area contributed by atoms with E-state index in [-0.39, 0.29) is 18.1 Å². The molecule has 0 saturated carbocycles. The molecule has 0 spiro atoms. The van der Waals surface area contributed by atoms with Crippen LogP contribution in [-0.4, -0.2) is 36.1 Å². The van der Waals surface area contributed by atoms with Gasteiger partial charge in [0.05, 0.1) is 29.5 Å². The number of anilines is 1. The standard InChI is InChI=1S/C13H17ClN2O2/c1-8-7-18-9(2)6-16(8)13(17)10-3-4-11(14)12(15)5-10/h3-5,8-9H,6-7,15H2,1-2H3. The molecule has 0 aliphatic carbocycles. The summed E-state index contributed by atoms with van der Waals surface area (Å²) in [6.07, 6.45) is 0.0646. The van der Waals surface area contributed by atoms with Gasteiger partial charge in [0, 0.05) is 12.1 Å². The first-order chi connectivity index (χ1) is 8.49. The number of nitrogen functional groups attached to an aromatic ring is 1. The van der Waals surface area contributed by atoms with Crippen molar-refractivity contribution in [3.05, 3.63) is 28.8 Å². The van der Waals surface area contributed by atoms with Gasteiger partial charge >= 0.3 is 0 Å². The first-order valence-corrected chi connectivity index (χ1v) is 6.34. The number of amides is 1. The highest BCUT2D eigenvalue weighted by atomic mass is 35.5. The minimum absolute atomic E-state index is 0.0268. The Morgan fingerprint density at radius 1 is 1.50 bits per heavy atom. The summed E-state index contributed by atoms with van der Waals surface area (Å²) in [4.78, 5) is 14.2. The number of ether oxygens (including phenoxy) is 1. The molecule has 0 bridgehead atoms. The summed E-state index contributed by atoms with van der Waals surface area (Å²) in [5.41, 5.74) is 6.72. The Labute approximate surface area is 112 Å². The van der Waals surface area contributed by atoms with Gasteiger partial charge in [0.1, 0.15) is 0 Å². The van der Waals surface area contributed by atoms with E-state index in [0.717, 1.165) is 0 Å². The normalized spacial score (nSPS) is 24.1. The zero-order chi connectivity index (χ0) is 13.3. The van der Waals surface area contributed by atoms with Gasteiger partial charge in [-0.1, -0.05) is 11.6 Å². The Morgan fingerprint density at radius 3 is 2.89 bits per heavy atom. The Kier molecular flexibility index (Phi) is 3.78. The molecule has 98 valence electrons. The maximum Gasteiger partial charge on any atom is 0.254 e. The van der Waals surface area contributed by atoms with Crippen molar-refractivity contribution in [1.82, 2.24) is 4.90 Å². The highest BCUT2D eigenvalue weighted by molar-refractivity contribution is 6.33. The van der Waals surface area contributed by atoms with Gasteiger partial charge in [0.15, 0.2) is 0 Å². The van der Waals surface area contributed by atoms with Crippen LogP contribution >= 0.6 is 11.6 Å². The molecule has 18 heavy (non-hydrogen) atoms. The Hall–Kier alpha value is -1.26. The lowest BCUT2D eigenvalue weighted by Gasteiger charge is -2.36. The van der Waals surface area contributed by atoms with Gasteiger partial charge in [0.25, 0.3) is 5.91 Å². The minimum atomic E-state index is -0.0268. The van der Waals surface area contributed by atoms with E-state index in [9.17, 15) is 4.79 Å². The molecule has 1 aromatic carbocycles. The second-order valence-electron chi connectivity index (χ2n) is 4.69. The highest BCUT2D eigenvalue weighted by Gasteiger charge is 2.28. The molecular formula is C13H17ClN2O2.